The maximum atomic E-state index is 12.7. The molecule has 0 aliphatic carbocycles. The normalized spacial score (nSPS) is 16.2. The molecule has 3 aromatic rings. The van der Waals surface area contributed by atoms with E-state index in [-0.39, 0.29) is 11.5 Å². The number of ether oxygens (including phenoxy) is 1. The fourth-order valence-corrected chi connectivity index (χ4v) is 3.65. The van der Waals surface area contributed by atoms with Crippen LogP contribution >= 0.6 is 22.6 Å². The quantitative estimate of drug-likeness (QED) is 0.460. The first kappa shape index (κ1) is 15.7. The number of hydrogen-bond acceptors (Lipinski definition) is 5. The Hall–Kier alpha value is -2.79. The molecule has 1 aliphatic rings. The molecule has 2 heterocycles. The van der Waals surface area contributed by atoms with Crippen molar-refractivity contribution in [2.24, 2.45) is 5.73 Å². The molecule has 0 saturated heterocycles. The van der Waals surface area contributed by atoms with Crippen LogP contribution in [0.15, 0.2) is 69.2 Å². The van der Waals surface area contributed by atoms with Crippen LogP contribution in [0.2, 0.25) is 0 Å². The monoisotopic (exact) mass is 442 g/mol. The molecule has 2 aromatic carbocycles. The molecule has 0 amide bonds. The van der Waals surface area contributed by atoms with E-state index in [4.69, 9.17) is 14.9 Å². The highest BCUT2D eigenvalue weighted by molar-refractivity contribution is 14.1. The van der Waals surface area contributed by atoms with E-state index in [1.54, 1.807) is 18.2 Å². The van der Waals surface area contributed by atoms with E-state index < -0.39 is 11.5 Å². The molecule has 2 N–H and O–H groups in total. The zero-order valence-electron chi connectivity index (χ0n) is 12.8. The topological polar surface area (TPSA) is 89.3 Å². The Morgan fingerprint density at radius 1 is 1.16 bits per heavy atom. The van der Waals surface area contributed by atoms with Gasteiger partial charge in [-0.3, -0.25) is 0 Å². The fourth-order valence-electron chi connectivity index (χ4n) is 3.09. The predicted octanol–water partition coefficient (Wildman–Crippen LogP) is 3.62. The summed E-state index contributed by atoms with van der Waals surface area (Å²) in [5.74, 6) is -0.258. The highest BCUT2D eigenvalue weighted by Crippen LogP contribution is 2.43. The minimum absolute atomic E-state index is 0.00890. The van der Waals surface area contributed by atoms with Crippen molar-refractivity contribution in [2.45, 2.75) is 5.92 Å². The number of benzene rings is 2. The Morgan fingerprint density at radius 3 is 2.72 bits per heavy atom. The summed E-state index contributed by atoms with van der Waals surface area (Å²) in [6.45, 7) is 0. The van der Waals surface area contributed by atoms with Gasteiger partial charge in [-0.05, 0) is 52.4 Å². The van der Waals surface area contributed by atoms with E-state index >= 15 is 0 Å². The van der Waals surface area contributed by atoms with Gasteiger partial charge in [0.15, 0.2) is 5.75 Å². The zero-order valence-corrected chi connectivity index (χ0v) is 15.0. The molecule has 1 aliphatic heterocycles. The summed E-state index contributed by atoms with van der Waals surface area (Å²) in [6.07, 6.45) is 0. The van der Waals surface area contributed by atoms with E-state index in [1.165, 1.54) is 0 Å². The summed E-state index contributed by atoms with van der Waals surface area (Å²) in [5.41, 5.74) is 7.19. The maximum absolute atomic E-state index is 12.7. The lowest BCUT2D eigenvalue weighted by Gasteiger charge is -2.26. The van der Waals surface area contributed by atoms with Gasteiger partial charge in [0.05, 0.1) is 16.9 Å². The Morgan fingerprint density at radius 2 is 1.96 bits per heavy atom. The van der Waals surface area contributed by atoms with Crippen LogP contribution in [0.4, 0.5) is 0 Å². The number of rotatable bonds is 1. The molecule has 0 spiro atoms. The van der Waals surface area contributed by atoms with Gasteiger partial charge in [0, 0.05) is 3.57 Å². The van der Waals surface area contributed by atoms with Gasteiger partial charge in [-0.1, -0.05) is 24.3 Å². The third-order valence-electron chi connectivity index (χ3n) is 4.16. The van der Waals surface area contributed by atoms with Crippen LogP contribution in [0.3, 0.4) is 0 Å². The molecule has 122 valence electrons. The van der Waals surface area contributed by atoms with Gasteiger partial charge in [0.25, 0.3) is 0 Å². The largest absolute Gasteiger partial charge is 0.439 e. The van der Waals surface area contributed by atoms with Gasteiger partial charge in [-0.25, -0.2) is 4.79 Å². The third-order valence-corrected chi connectivity index (χ3v) is 4.83. The lowest BCUT2D eigenvalue weighted by molar-refractivity contribution is 0.388. The molecule has 0 fully saturated rings. The number of nitriles is 1. The van der Waals surface area contributed by atoms with E-state index in [9.17, 15) is 10.1 Å². The summed E-state index contributed by atoms with van der Waals surface area (Å²) in [5, 5.41) is 10.2. The van der Waals surface area contributed by atoms with Gasteiger partial charge in [-0.15, -0.1) is 0 Å². The van der Waals surface area contributed by atoms with Gasteiger partial charge >= 0.3 is 5.63 Å². The highest BCUT2D eigenvalue weighted by atomic mass is 127. The standard InChI is InChI=1S/C19H11IN2O3/c20-11-5-3-4-10(8-11)15-13(9-21)18(22)25-17-12-6-1-2-7-14(12)24-19(23)16(15)17/h1-8,15H,22H2. The summed E-state index contributed by atoms with van der Waals surface area (Å²) in [4.78, 5) is 12.7. The number of nitrogens with two attached hydrogens (primary N) is 1. The lowest BCUT2D eigenvalue weighted by Crippen LogP contribution is -2.26. The second-order valence-electron chi connectivity index (χ2n) is 5.61. The van der Waals surface area contributed by atoms with E-state index in [1.807, 2.05) is 30.3 Å². The Labute approximate surface area is 156 Å². The van der Waals surface area contributed by atoms with Crippen molar-refractivity contribution in [1.29, 1.82) is 5.26 Å². The number of hydrogen-bond donors (Lipinski definition) is 1. The molecule has 1 aromatic heterocycles. The molecular formula is C19H11IN2O3. The zero-order chi connectivity index (χ0) is 17.6. The van der Waals surface area contributed by atoms with Crippen molar-refractivity contribution in [3.05, 3.63) is 85.1 Å². The summed E-state index contributed by atoms with van der Waals surface area (Å²) >= 11 is 2.19. The second-order valence-corrected chi connectivity index (χ2v) is 6.85. The molecule has 5 nitrogen and oxygen atoms in total. The van der Waals surface area contributed by atoms with Crippen molar-refractivity contribution in [2.75, 3.05) is 0 Å². The first-order valence-electron chi connectivity index (χ1n) is 7.49. The average molecular weight is 442 g/mol. The van der Waals surface area contributed by atoms with Crippen LogP contribution in [0.5, 0.6) is 5.75 Å². The lowest BCUT2D eigenvalue weighted by atomic mass is 9.84. The second kappa shape index (κ2) is 5.93. The highest BCUT2D eigenvalue weighted by Gasteiger charge is 2.35. The van der Waals surface area contributed by atoms with Crippen LogP contribution < -0.4 is 16.1 Å². The van der Waals surface area contributed by atoms with Gasteiger partial charge in [0.2, 0.25) is 5.88 Å². The van der Waals surface area contributed by atoms with Crippen LogP contribution in [0.25, 0.3) is 11.0 Å². The average Bonchev–Trinajstić information content (AvgIpc) is 2.60. The number of fused-ring (bicyclic) bond motifs is 3. The van der Waals surface area contributed by atoms with Crippen molar-refractivity contribution >= 4 is 33.6 Å². The molecule has 1 unspecified atom stereocenters. The first-order chi connectivity index (χ1) is 12.1. The van der Waals surface area contributed by atoms with Crippen molar-refractivity contribution in [3.63, 3.8) is 0 Å². The van der Waals surface area contributed by atoms with Gasteiger partial charge in [-0.2, -0.15) is 5.26 Å². The smallest absolute Gasteiger partial charge is 0.344 e. The third kappa shape index (κ3) is 2.48. The predicted molar refractivity (Wildman–Crippen MR) is 101 cm³/mol. The minimum Gasteiger partial charge on any atom is -0.439 e. The SMILES string of the molecule is N#CC1=C(N)Oc2c(c(=O)oc3ccccc23)C1c1cccc(I)c1. The first-order valence-corrected chi connectivity index (χ1v) is 8.57. The van der Waals surface area contributed by atoms with Gasteiger partial charge < -0.3 is 14.9 Å². The molecule has 0 bridgehead atoms. The van der Waals surface area contributed by atoms with E-state index in [0.29, 0.717) is 22.3 Å². The van der Waals surface area contributed by atoms with Crippen LogP contribution in [-0.2, 0) is 0 Å². The maximum Gasteiger partial charge on any atom is 0.344 e. The van der Waals surface area contributed by atoms with Crippen molar-refractivity contribution < 1.29 is 9.15 Å². The van der Waals surface area contributed by atoms with Gasteiger partial charge in [0.1, 0.15) is 17.2 Å². The van der Waals surface area contributed by atoms with Crippen molar-refractivity contribution in [3.8, 4) is 11.8 Å². The minimum atomic E-state index is -0.621. The molecule has 0 radical (unpaired) electrons. The fraction of sp³-hybridized carbons (Fsp3) is 0.0526. The summed E-state index contributed by atoms with van der Waals surface area (Å²) < 4.78 is 12.1. The Bertz CT molecular complexity index is 1140. The van der Waals surface area contributed by atoms with Crippen LogP contribution in [-0.4, -0.2) is 0 Å². The molecular weight excluding hydrogens is 431 g/mol. The van der Waals surface area contributed by atoms with Crippen molar-refractivity contribution in [1.82, 2.24) is 0 Å². The number of para-hydroxylation sites is 1. The Balaban J connectivity index is 2.10. The number of nitrogens with zero attached hydrogens (tertiary/aromatic N) is 1. The summed E-state index contributed by atoms with van der Waals surface area (Å²) in [7, 11) is 0. The number of allylic oxidation sites excluding steroid dienone is 1. The van der Waals surface area contributed by atoms with E-state index in [0.717, 1.165) is 9.13 Å². The Kier molecular flexibility index (Phi) is 3.73. The number of halogens is 1. The van der Waals surface area contributed by atoms with E-state index in [2.05, 4.69) is 28.7 Å². The van der Waals surface area contributed by atoms with Crippen LogP contribution in [0, 0.1) is 14.9 Å². The molecule has 6 heteroatoms. The summed E-state index contributed by atoms with van der Waals surface area (Å²) in [6, 6.07) is 16.8. The molecule has 1 atom stereocenters. The van der Waals surface area contributed by atoms with Crippen LogP contribution in [0.1, 0.15) is 17.0 Å². The molecule has 25 heavy (non-hydrogen) atoms. The molecule has 4 rings (SSSR count). The molecule has 0 saturated carbocycles.